The number of methoxy groups -OCH3 is 1. The highest BCUT2D eigenvalue weighted by Crippen LogP contribution is 2.54. The van der Waals surface area contributed by atoms with Gasteiger partial charge in [-0.05, 0) is 29.3 Å². The van der Waals surface area contributed by atoms with Crippen molar-refractivity contribution in [3.63, 3.8) is 0 Å². The number of benzene rings is 2. The van der Waals surface area contributed by atoms with Gasteiger partial charge >= 0.3 is 5.97 Å². The van der Waals surface area contributed by atoms with Crippen molar-refractivity contribution in [1.29, 1.82) is 0 Å². The summed E-state index contributed by atoms with van der Waals surface area (Å²) in [5.41, 5.74) is 0.217. The summed E-state index contributed by atoms with van der Waals surface area (Å²) < 4.78 is 19.0. The molecule has 1 N–H and O–H groups in total. The molecule has 2 aliphatic heterocycles. The molecule has 3 atom stereocenters. The average Bonchev–Trinajstić information content (AvgIpc) is 3.14. The molecule has 1 fully saturated rings. The number of aliphatic hydroxyl groups excluding tert-OH is 1. The van der Waals surface area contributed by atoms with Crippen molar-refractivity contribution < 1.29 is 23.8 Å². The lowest BCUT2D eigenvalue weighted by Crippen LogP contribution is -2.54. The summed E-state index contributed by atoms with van der Waals surface area (Å²) in [5.74, 6) is -1.32. The Balaban J connectivity index is 1.87. The third-order valence-corrected chi connectivity index (χ3v) is 6.66. The standard InChI is InChI=1S/C20H18FNO4S/c1-26-18(24)17-20(16(23)11-27-17)14-9-13(21)7-8-15(14)22(19(20)25)10-12-5-3-2-4-6-12/h2-9,16-17,23H,10-11H2,1H3/t16-,17+,20-/m0/s1. The Labute approximate surface area is 160 Å². The number of hydrogen-bond acceptors (Lipinski definition) is 5. The van der Waals surface area contributed by atoms with Crippen molar-refractivity contribution in [3.05, 3.63) is 65.5 Å². The van der Waals surface area contributed by atoms with Crippen LogP contribution in [-0.4, -0.2) is 41.2 Å². The second-order valence-electron chi connectivity index (χ2n) is 6.66. The fourth-order valence-corrected chi connectivity index (χ4v) is 5.52. The maximum atomic E-state index is 14.1. The van der Waals surface area contributed by atoms with Crippen molar-refractivity contribution in [2.24, 2.45) is 0 Å². The van der Waals surface area contributed by atoms with Crippen LogP contribution in [-0.2, 0) is 26.3 Å². The van der Waals surface area contributed by atoms with Gasteiger partial charge in [-0.1, -0.05) is 30.3 Å². The van der Waals surface area contributed by atoms with Gasteiger partial charge in [-0.25, -0.2) is 4.39 Å². The Bertz CT molecular complexity index is 906. The van der Waals surface area contributed by atoms with E-state index in [0.717, 1.165) is 5.56 Å². The zero-order chi connectivity index (χ0) is 19.2. The first-order valence-electron chi connectivity index (χ1n) is 8.53. The van der Waals surface area contributed by atoms with Gasteiger partial charge in [0.05, 0.1) is 19.8 Å². The number of carbonyl (C=O) groups excluding carboxylic acids is 2. The summed E-state index contributed by atoms with van der Waals surface area (Å²) in [5, 5.41) is 9.86. The van der Waals surface area contributed by atoms with Gasteiger partial charge in [0.1, 0.15) is 16.5 Å². The molecule has 0 radical (unpaired) electrons. The van der Waals surface area contributed by atoms with E-state index < -0.39 is 34.5 Å². The van der Waals surface area contributed by atoms with Crippen LogP contribution in [0.1, 0.15) is 11.1 Å². The molecule has 0 unspecified atom stereocenters. The molecule has 7 heteroatoms. The maximum absolute atomic E-state index is 14.1. The highest BCUT2D eigenvalue weighted by molar-refractivity contribution is 8.01. The van der Waals surface area contributed by atoms with Crippen LogP contribution in [0.25, 0.3) is 0 Å². The number of aliphatic hydroxyl groups is 1. The number of carbonyl (C=O) groups is 2. The molecular weight excluding hydrogens is 369 g/mol. The largest absolute Gasteiger partial charge is 0.468 e. The molecule has 1 amide bonds. The van der Waals surface area contributed by atoms with Gasteiger partial charge in [-0.3, -0.25) is 9.59 Å². The smallest absolute Gasteiger partial charge is 0.320 e. The van der Waals surface area contributed by atoms with Crippen LogP contribution in [0.3, 0.4) is 0 Å². The molecule has 2 aromatic carbocycles. The molecule has 1 saturated heterocycles. The Morgan fingerprint density at radius 1 is 1.33 bits per heavy atom. The van der Waals surface area contributed by atoms with E-state index in [4.69, 9.17) is 4.74 Å². The SMILES string of the molecule is COC(=O)[C@H]1SC[C@H](O)[C@]12C(=O)N(Cc1ccccc1)c1ccc(F)cc12. The van der Waals surface area contributed by atoms with Crippen molar-refractivity contribution in [2.75, 3.05) is 17.8 Å². The van der Waals surface area contributed by atoms with Gasteiger partial charge in [0.15, 0.2) is 0 Å². The highest BCUT2D eigenvalue weighted by atomic mass is 32.2. The number of esters is 1. The van der Waals surface area contributed by atoms with E-state index in [9.17, 15) is 19.1 Å². The third-order valence-electron chi connectivity index (χ3n) is 5.25. The summed E-state index contributed by atoms with van der Waals surface area (Å²) >= 11 is 1.17. The van der Waals surface area contributed by atoms with Gasteiger partial charge < -0.3 is 14.7 Å². The number of thioether (sulfide) groups is 1. The lowest BCUT2D eigenvalue weighted by molar-refractivity contribution is -0.145. The minimum absolute atomic E-state index is 0.195. The zero-order valence-corrected chi connectivity index (χ0v) is 15.4. The van der Waals surface area contributed by atoms with E-state index in [1.54, 1.807) is 0 Å². The molecule has 5 nitrogen and oxygen atoms in total. The highest BCUT2D eigenvalue weighted by Gasteiger charge is 2.65. The Morgan fingerprint density at radius 3 is 2.78 bits per heavy atom. The van der Waals surface area contributed by atoms with Gasteiger partial charge in [-0.15, -0.1) is 11.8 Å². The molecule has 0 bridgehead atoms. The maximum Gasteiger partial charge on any atom is 0.320 e. The topological polar surface area (TPSA) is 66.8 Å². The number of ether oxygens (including phenoxy) is 1. The van der Waals surface area contributed by atoms with Crippen LogP contribution in [0.4, 0.5) is 10.1 Å². The fourth-order valence-electron chi connectivity index (χ4n) is 4.01. The predicted octanol–water partition coefficient (Wildman–Crippen LogP) is 2.26. The van der Waals surface area contributed by atoms with E-state index in [1.165, 1.54) is 42.0 Å². The average molecular weight is 387 g/mol. The fraction of sp³-hybridized carbons (Fsp3) is 0.300. The Hall–Kier alpha value is -2.38. The minimum Gasteiger partial charge on any atom is -0.468 e. The number of amides is 1. The predicted molar refractivity (Wildman–Crippen MR) is 100.0 cm³/mol. The summed E-state index contributed by atoms with van der Waals surface area (Å²) in [4.78, 5) is 27.5. The van der Waals surface area contributed by atoms with Gasteiger partial charge in [0.2, 0.25) is 5.91 Å². The molecule has 0 aliphatic carbocycles. The molecule has 1 spiro atoms. The molecule has 2 heterocycles. The summed E-state index contributed by atoms with van der Waals surface area (Å²) in [6.45, 7) is 0.269. The monoisotopic (exact) mass is 387 g/mol. The number of hydrogen-bond donors (Lipinski definition) is 1. The summed E-state index contributed by atoms with van der Waals surface area (Å²) in [7, 11) is 1.24. The van der Waals surface area contributed by atoms with Crippen LogP contribution in [0, 0.1) is 5.82 Å². The Kier molecular flexibility index (Phi) is 4.44. The molecular formula is C20H18FNO4S. The minimum atomic E-state index is -1.54. The molecule has 140 valence electrons. The first-order chi connectivity index (χ1) is 13.0. The zero-order valence-electron chi connectivity index (χ0n) is 14.6. The molecule has 27 heavy (non-hydrogen) atoms. The number of rotatable bonds is 3. The van der Waals surface area contributed by atoms with E-state index in [2.05, 4.69) is 0 Å². The molecule has 2 aromatic rings. The van der Waals surface area contributed by atoms with Crippen LogP contribution in [0.2, 0.25) is 0 Å². The second-order valence-corrected chi connectivity index (χ2v) is 7.80. The molecule has 0 saturated carbocycles. The first kappa shape index (κ1) is 18.0. The van der Waals surface area contributed by atoms with Crippen molar-refractivity contribution >= 4 is 29.3 Å². The van der Waals surface area contributed by atoms with Crippen molar-refractivity contribution in [2.45, 2.75) is 23.3 Å². The third kappa shape index (κ3) is 2.56. The summed E-state index contributed by atoms with van der Waals surface area (Å²) in [6, 6.07) is 13.5. The number of nitrogens with zero attached hydrogens (tertiary/aromatic N) is 1. The van der Waals surface area contributed by atoms with E-state index in [1.807, 2.05) is 30.3 Å². The lowest BCUT2D eigenvalue weighted by Gasteiger charge is -2.31. The van der Waals surface area contributed by atoms with E-state index >= 15 is 0 Å². The van der Waals surface area contributed by atoms with E-state index in [-0.39, 0.29) is 12.3 Å². The van der Waals surface area contributed by atoms with Crippen LogP contribution < -0.4 is 4.90 Å². The number of anilines is 1. The summed E-state index contributed by atoms with van der Waals surface area (Å²) in [6.07, 6.45) is -1.11. The van der Waals surface area contributed by atoms with Crippen LogP contribution >= 0.6 is 11.8 Å². The molecule has 4 rings (SSSR count). The molecule has 0 aromatic heterocycles. The Morgan fingerprint density at radius 2 is 2.07 bits per heavy atom. The van der Waals surface area contributed by atoms with E-state index in [0.29, 0.717) is 11.3 Å². The van der Waals surface area contributed by atoms with Crippen LogP contribution in [0.5, 0.6) is 0 Å². The van der Waals surface area contributed by atoms with Gasteiger partial charge in [0.25, 0.3) is 0 Å². The van der Waals surface area contributed by atoms with Gasteiger partial charge in [0, 0.05) is 11.4 Å². The first-order valence-corrected chi connectivity index (χ1v) is 9.58. The quantitative estimate of drug-likeness (QED) is 0.819. The normalized spacial score (nSPS) is 26.5. The van der Waals surface area contributed by atoms with Gasteiger partial charge in [-0.2, -0.15) is 0 Å². The lowest BCUT2D eigenvalue weighted by atomic mass is 9.74. The van der Waals surface area contributed by atoms with Crippen LogP contribution in [0.15, 0.2) is 48.5 Å². The second kappa shape index (κ2) is 6.65. The van der Waals surface area contributed by atoms with Crippen molar-refractivity contribution in [1.82, 2.24) is 0 Å². The molecule has 2 aliphatic rings. The number of fused-ring (bicyclic) bond motifs is 2. The number of halogens is 1. The van der Waals surface area contributed by atoms with Crippen molar-refractivity contribution in [3.8, 4) is 0 Å².